The molecule has 3 rings (SSSR count). The van der Waals surface area contributed by atoms with Crippen LogP contribution in [0.5, 0.6) is 0 Å². The number of aromatic nitrogens is 2. The number of ether oxygens (including phenoxy) is 1. The topological polar surface area (TPSA) is 39.1 Å². The molecule has 4 nitrogen and oxygen atoms in total. The minimum atomic E-state index is 0.139. The van der Waals surface area contributed by atoms with Crippen LogP contribution in [0.4, 0.5) is 0 Å². The van der Waals surface area contributed by atoms with Crippen molar-refractivity contribution in [3.05, 3.63) is 18.2 Å². The normalized spacial score (nSPS) is 31.2. The molecule has 1 N–H and O–H groups in total. The average molecular weight is 249 g/mol. The lowest BCUT2D eigenvalue weighted by Gasteiger charge is -2.25. The summed E-state index contributed by atoms with van der Waals surface area (Å²) in [6.07, 6.45) is 8.46. The molecule has 1 aromatic heterocycles. The molecular weight excluding hydrogens is 226 g/mol. The van der Waals surface area contributed by atoms with Crippen LogP contribution < -0.4 is 5.32 Å². The van der Waals surface area contributed by atoms with Crippen molar-refractivity contribution < 1.29 is 4.74 Å². The van der Waals surface area contributed by atoms with Crippen molar-refractivity contribution in [2.24, 2.45) is 0 Å². The average Bonchev–Trinajstić information content (AvgIpc) is 3.00. The smallest absolute Gasteiger partial charge is 0.0952 e. The predicted octanol–water partition coefficient (Wildman–Crippen LogP) is 2.26. The van der Waals surface area contributed by atoms with Gasteiger partial charge in [0.1, 0.15) is 0 Å². The van der Waals surface area contributed by atoms with Gasteiger partial charge in [-0.2, -0.15) is 0 Å². The molecule has 2 saturated heterocycles. The van der Waals surface area contributed by atoms with Gasteiger partial charge in [-0.25, -0.2) is 4.98 Å². The third kappa shape index (κ3) is 2.31. The highest BCUT2D eigenvalue weighted by molar-refractivity contribution is 5.05. The molecule has 4 heteroatoms. The van der Waals surface area contributed by atoms with Crippen molar-refractivity contribution in [2.75, 3.05) is 0 Å². The Morgan fingerprint density at radius 3 is 2.89 bits per heavy atom. The van der Waals surface area contributed by atoms with Gasteiger partial charge in [0, 0.05) is 18.3 Å². The molecule has 3 heterocycles. The number of rotatable bonds is 3. The molecule has 1 aromatic rings. The Balaban J connectivity index is 1.72. The van der Waals surface area contributed by atoms with Gasteiger partial charge in [-0.05, 0) is 40.0 Å². The van der Waals surface area contributed by atoms with Gasteiger partial charge >= 0.3 is 0 Å². The van der Waals surface area contributed by atoms with E-state index < -0.39 is 0 Å². The molecule has 2 bridgehead atoms. The Hall–Kier alpha value is -0.870. The fourth-order valence-corrected chi connectivity index (χ4v) is 3.03. The molecule has 100 valence electrons. The zero-order valence-electron chi connectivity index (χ0n) is 11.5. The maximum absolute atomic E-state index is 5.94. The second-order valence-electron chi connectivity index (χ2n) is 6.57. The van der Waals surface area contributed by atoms with Crippen LogP contribution in [0.1, 0.15) is 51.8 Å². The van der Waals surface area contributed by atoms with E-state index in [9.17, 15) is 0 Å². The molecule has 3 unspecified atom stereocenters. The van der Waals surface area contributed by atoms with Crippen LogP contribution in [0.2, 0.25) is 0 Å². The summed E-state index contributed by atoms with van der Waals surface area (Å²) in [5.74, 6) is 0. The van der Waals surface area contributed by atoms with E-state index in [4.69, 9.17) is 4.74 Å². The summed E-state index contributed by atoms with van der Waals surface area (Å²) < 4.78 is 8.26. The lowest BCUT2D eigenvalue weighted by atomic mass is 9.95. The number of fused-ring (bicyclic) bond motifs is 2. The van der Waals surface area contributed by atoms with Crippen molar-refractivity contribution >= 4 is 0 Å². The minimum Gasteiger partial charge on any atom is -0.373 e. The lowest BCUT2D eigenvalue weighted by Crippen LogP contribution is -2.36. The molecule has 0 aromatic carbocycles. The SMILES string of the molecule is CC(C)(C)NCc1cncn1C1CC2CCC1O2. The third-order valence-electron chi connectivity index (χ3n) is 3.98. The summed E-state index contributed by atoms with van der Waals surface area (Å²) in [6.45, 7) is 7.44. The second-order valence-corrected chi connectivity index (χ2v) is 6.57. The molecule has 3 atom stereocenters. The van der Waals surface area contributed by atoms with Gasteiger partial charge in [0.25, 0.3) is 0 Å². The molecule has 0 aliphatic carbocycles. The van der Waals surface area contributed by atoms with Crippen LogP contribution in [-0.4, -0.2) is 27.3 Å². The van der Waals surface area contributed by atoms with Crippen molar-refractivity contribution in [2.45, 2.75) is 70.4 Å². The highest BCUT2D eigenvalue weighted by Crippen LogP contribution is 2.42. The van der Waals surface area contributed by atoms with Crippen molar-refractivity contribution in [3.63, 3.8) is 0 Å². The Bertz CT molecular complexity index is 421. The van der Waals surface area contributed by atoms with Gasteiger partial charge in [0.2, 0.25) is 0 Å². The third-order valence-corrected chi connectivity index (χ3v) is 3.98. The highest BCUT2D eigenvalue weighted by atomic mass is 16.5. The minimum absolute atomic E-state index is 0.139. The molecule has 0 saturated carbocycles. The molecule has 2 aliphatic heterocycles. The molecule has 18 heavy (non-hydrogen) atoms. The van der Waals surface area contributed by atoms with Gasteiger partial charge in [-0.3, -0.25) is 0 Å². The first-order valence-electron chi connectivity index (χ1n) is 6.94. The molecule has 2 aliphatic rings. The van der Waals surface area contributed by atoms with Crippen LogP contribution in [-0.2, 0) is 11.3 Å². The molecular formula is C14H23N3O. The Morgan fingerprint density at radius 2 is 2.28 bits per heavy atom. The quantitative estimate of drug-likeness (QED) is 0.893. The number of hydrogen-bond donors (Lipinski definition) is 1. The summed E-state index contributed by atoms with van der Waals surface area (Å²) in [4.78, 5) is 4.32. The summed E-state index contributed by atoms with van der Waals surface area (Å²) in [5.41, 5.74) is 1.41. The Kier molecular flexibility index (Phi) is 2.94. The fraction of sp³-hybridized carbons (Fsp3) is 0.786. The van der Waals surface area contributed by atoms with E-state index in [1.54, 1.807) is 0 Å². The molecule has 0 radical (unpaired) electrons. The fourth-order valence-electron chi connectivity index (χ4n) is 3.03. The number of imidazole rings is 1. The van der Waals surface area contributed by atoms with Crippen LogP contribution in [0.15, 0.2) is 12.5 Å². The molecule has 0 spiro atoms. The van der Waals surface area contributed by atoms with Gasteiger partial charge in [0.15, 0.2) is 0 Å². The van der Waals surface area contributed by atoms with Crippen molar-refractivity contribution in [3.8, 4) is 0 Å². The first-order chi connectivity index (χ1) is 8.53. The van der Waals surface area contributed by atoms with Gasteiger partial charge < -0.3 is 14.6 Å². The summed E-state index contributed by atoms with van der Waals surface area (Å²) in [7, 11) is 0. The van der Waals surface area contributed by atoms with E-state index in [-0.39, 0.29) is 5.54 Å². The van der Waals surface area contributed by atoms with E-state index in [1.807, 2.05) is 12.5 Å². The zero-order valence-corrected chi connectivity index (χ0v) is 11.5. The van der Waals surface area contributed by atoms with Gasteiger partial charge in [-0.1, -0.05) is 0 Å². The lowest BCUT2D eigenvalue weighted by molar-refractivity contribution is 0.0934. The number of nitrogens with zero attached hydrogens (tertiary/aromatic N) is 2. The monoisotopic (exact) mass is 249 g/mol. The van der Waals surface area contributed by atoms with Crippen LogP contribution in [0.3, 0.4) is 0 Å². The zero-order chi connectivity index (χ0) is 12.8. The number of hydrogen-bond acceptors (Lipinski definition) is 3. The van der Waals surface area contributed by atoms with Gasteiger partial charge in [0.05, 0.1) is 30.3 Å². The summed E-state index contributed by atoms with van der Waals surface area (Å²) >= 11 is 0. The van der Waals surface area contributed by atoms with E-state index >= 15 is 0 Å². The van der Waals surface area contributed by atoms with E-state index in [2.05, 4.69) is 35.6 Å². The van der Waals surface area contributed by atoms with Gasteiger partial charge in [-0.15, -0.1) is 0 Å². The second kappa shape index (κ2) is 4.35. The van der Waals surface area contributed by atoms with Crippen molar-refractivity contribution in [1.82, 2.24) is 14.9 Å². The van der Waals surface area contributed by atoms with E-state index in [0.717, 1.165) is 13.0 Å². The first kappa shape index (κ1) is 12.2. The summed E-state index contributed by atoms with van der Waals surface area (Å²) in [5, 5.41) is 3.53. The highest BCUT2D eigenvalue weighted by Gasteiger charge is 2.42. The van der Waals surface area contributed by atoms with Crippen LogP contribution in [0, 0.1) is 0 Å². The van der Waals surface area contributed by atoms with E-state index in [0.29, 0.717) is 18.2 Å². The first-order valence-corrected chi connectivity index (χ1v) is 6.94. The maximum Gasteiger partial charge on any atom is 0.0952 e. The van der Waals surface area contributed by atoms with E-state index in [1.165, 1.54) is 18.5 Å². The molecule has 2 fully saturated rings. The maximum atomic E-state index is 5.94. The van der Waals surface area contributed by atoms with Crippen LogP contribution in [0.25, 0.3) is 0 Å². The summed E-state index contributed by atoms with van der Waals surface area (Å²) in [6, 6.07) is 0.503. The predicted molar refractivity (Wildman–Crippen MR) is 70.4 cm³/mol. The number of nitrogens with one attached hydrogen (secondary N) is 1. The standard InChI is InChI=1S/C14H23N3O/c1-14(2,3)16-8-10-7-15-9-17(10)12-6-11-4-5-13(12)18-11/h7,9,11-13,16H,4-6,8H2,1-3H3. The van der Waals surface area contributed by atoms with Crippen molar-refractivity contribution in [1.29, 1.82) is 0 Å². The molecule has 0 amide bonds. The van der Waals surface area contributed by atoms with Crippen LogP contribution >= 0.6 is 0 Å². The Labute approximate surface area is 109 Å². The largest absolute Gasteiger partial charge is 0.373 e. The Morgan fingerprint density at radius 1 is 1.44 bits per heavy atom.